The maximum Gasteiger partial charge on any atom is 0.178 e. The summed E-state index contributed by atoms with van der Waals surface area (Å²) in [7, 11) is 3.99. The van der Waals surface area contributed by atoms with Gasteiger partial charge in [0.25, 0.3) is 0 Å². The monoisotopic (exact) mass is 376 g/mol. The van der Waals surface area contributed by atoms with E-state index >= 15 is 0 Å². The molecule has 144 valence electrons. The lowest BCUT2D eigenvalue weighted by Gasteiger charge is -2.30. The second-order valence-corrected chi connectivity index (χ2v) is 7.67. The Morgan fingerprint density at radius 2 is 1.89 bits per heavy atom. The smallest absolute Gasteiger partial charge is 0.178 e. The van der Waals surface area contributed by atoms with E-state index in [2.05, 4.69) is 26.1 Å². The SMILES string of the molecule is CN(C)c1ccc2nnc(C3CCN(Cc4nc5ccccc5[nH]4)CC3)n2n1. The van der Waals surface area contributed by atoms with Crippen LogP contribution in [0, 0.1) is 0 Å². The van der Waals surface area contributed by atoms with E-state index in [-0.39, 0.29) is 0 Å². The molecule has 0 aliphatic carbocycles. The van der Waals surface area contributed by atoms with Crippen LogP contribution in [-0.4, -0.2) is 61.9 Å². The van der Waals surface area contributed by atoms with Crippen molar-refractivity contribution in [3.63, 3.8) is 0 Å². The summed E-state index contributed by atoms with van der Waals surface area (Å²) in [6.07, 6.45) is 2.10. The second-order valence-electron chi connectivity index (χ2n) is 7.67. The second kappa shape index (κ2) is 6.87. The molecule has 0 spiro atoms. The number of hydrogen-bond donors (Lipinski definition) is 1. The minimum atomic E-state index is 0.381. The van der Waals surface area contributed by atoms with Crippen LogP contribution >= 0.6 is 0 Å². The van der Waals surface area contributed by atoms with E-state index in [4.69, 9.17) is 10.1 Å². The highest BCUT2D eigenvalue weighted by atomic mass is 15.4. The van der Waals surface area contributed by atoms with Gasteiger partial charge in [-0.2, -0.15) is 4.52 Å². The summed E-state index contributed by atoms with van der Waals surface area (Å²) < 4.78 is 1.91. The lowest BCUT2D eigenvalue weighted by Crippen LogP contribution is -2.33. The summed E-state index contributed by atoms with van der Waals surface area (Å²) in [4.78, 5) is 12.6. The lowest BCUT2D eigenvalue weighted by molar-refractivity contribution is 0.197. The fraction of sp³-hybridized carbons (Fsp3) is 0.400. The Bertz CT molecular complexity index is 1070. The molecule has 5 rings (SSSR count). The number of para-hydroxylation sites is 2. The number of imidazole rings is 1. The Morgan fingerprint density at radius 3 is 2.68 bits per heavy atom. The summed E-state index contributed by atoms with van der Waals surface area (Å²) in [5.41, 5.74) is 2.94. The van der Waals surface area contributed by atoms with Crippen LogP contribution in [0.25, 0.3) is 16.7 Å². The van der Waals surface area contributed by atoms with Crippen molar-refractivity contribution < 1.29 is 0 Å². The molecule has 8 nitrogen and oxygen atoms in total. The average molecular weight is 376 g/mol. The highest BCUT2D eigenvalue weighted by Crippen LogP contribution is 2.28. The van der Waals surface area contributed by atoms with E-state index in [9.17, 15) is 0 Å². The van der Waals surface area contributed by atoms with E-state index in [1.54, 1.807) is 0 Å². The Hall–Kier alpha value is -3.00. The number of piperidine rings is 1. The van der Waals surface area contributed by atoms with E-state index < -0.39 is 0 Å². The number of nitrogens with zero attached hydrogens (tertiary/aromatic N) is 7. The molecule has 0 unspecified atom stereocenters. The molecule has 1 aliphatic heterocycles. The first-order valence-electron chi connectivity index (χ1n) is 9.73. The number of nitrogens with one attached hydrogen (secondary N) is 1. The largest absolute Gasteiger partial charge is 0.361 e. The van der Waals surface area contributed by atoms with Gasteiger partial charge in [0.2, 0.25) is 0 Å². The van der Waals surface area contributed by atoms with Crippen molar-refractivity contribution in [1.82, 2.24) is 34.7 Å². The van der Waals surface area contributed by atoms with Gasteiger partial charge in [0, 0.05) is 20.0 Å². The van der Waals surface area contributed by atoms with Gasteiger partial charge in [0.05, 0.1) is 17.6 Å². The van der Waals surface area contributed by atoms with Gasteiger partial charge in [-0.25, -0.2) is 4.98 Å². The van der Waals surface area contributed by atoms with Crippen molar-refractivity contribution in [2.75, 3.05) is 32.1 Å². The van der Waals surface area contributed by atoms with E-state index in [0.29, 0.717) is 5.92 Å². The Labute approximate surface area is 163 Å². The Balaban J connectivity index is 1.29. The third kappa shape index (κ3) is 3.09. The third-order valence-corrected chi connectivity index (χ3v) is 5.50. The molecule has 8 heteroatoms. The number of aromatic nitrogens is 6. The first-order chi connectivity index (χ1) is 13.7. The van der Waals surface area contributed by atoms with E-state index in [1.807, 2.05) is 53.8 Å². The van der Waals surface area contributed by atoms with Crippen molar-refractivity contribution >= 4 is 22.5 Å². The molecule has 4 heterocycles. The number of rotatable bonds is 4. The summed E-state index contributed by atoms with van der Waals surface area (Å²) in [5.74, 6) is 3.30. The molecule has 0 bridgehead atoms. The standard InChI is InChI=1S/C20H24N8/c1-26(2)19-8-7-18-23-24-20(28(18)25-19)14-9-11-27(12-10-14)13-17-21-15-5-3-4-6-16(15)22-17/h3-8,14H,9-13H2,1-2H3,(H,21,22). The molecule has 4 aromatic rings. The summed E-state index contributed by atoms with van der Waals surface area (Å²) in [6.45, 7) is 2.89. The normalized spacial score (nSPS) is 16.2. The summed E-state index contributed by atoms with van der Waals surface area (Å²) in [5, 5.41) is 13.5. The molecular weight excluding hydrogens is 352 g/mol. The van der Waals surface area contributed by atoms with Crippen LogP contribution in [0.3, 0.4) is 0 Å². The number of fused-ring (bicyclic) bond motifs is 2. The van der Waals surface area contributed by atoms with Gasteiger partial charge in [-0.3, -0.25) is 4.90 Å². The van der Waals surface area contributed by atoms with Crippen LogP contribution < -0.4 is 4.90 Å². The van der Waals surface area contributed by atoms with Crippen LogP contribution in [-0.2, 0) is 6.54 Å². The van der Waals surface area contributed by atoms with Crippen molar-refractivity contribution in [2.24, 2.45) is 0 Å². The number of benzene rings is 1. The minimum Gasteiger partial charge on any atom is -0.361 e. The molecule has 3 aromatic heterocycles. The van der Waals surface area contributed by atoms with Gasteiger partial charge < -0.3 is 9.88 Å². The molecule has 1 saturated heterocycles. The maximum atomic E-state index is 4.71. The highest BCUT2D eigenvalue weighted by molar-refractivity contribution is 5.74. The molecule has 0 amide bonds. The molecule has 1 aliphatic rings. The van der Waals surface area contributed by atoms with Gasteiger partial charge in [-0.15, -0.1) is 15.3 Å². The zero-order valence-corrected chi connectivity index (χ0v) is 16.2. The van der Waals surface area contributed by atoms with Crippen LogP contribution in [0.2, 0.25) is 0 Å². The first-order valence-corrected chi connectivity index (χ1v) is 9.73. The molecule has 1 aromatic carbocycles. The molecular formula is C20H24N8. The number of hydrogen-bond acceptors (Lipinski definition) is 6. The number of aromatic amines is 1. The van der Waals surface area contributed by atoms with Gasteiger partial charge in [0.15, 0.2) is 11.5 Å². The summed E-state index contributed by atoms with van der Waals surface area (Å²) in [6, 6.07) is 12.1. The number of anilines is 1. The zero-order chi connectivity index (χ0) is 19.1. The van der Waals surface area contributed by atoms with Crippen molar-refractivity contribution in [2.45, 2.75) is 25.3 Å². The number of likely N-dealkylation sites (tertiary alicyclic amines) is 1. The molecule has 1 fully saturated rings. The van der Waals surface area contributed by atoms with Crippen molar-refractivity contribution in [1.29, 1.82) is 0 Å². The quantitative estimate of drug-likeness (QED) is 0.589. The van der Waals surface area contributed by atoms with Gasteiger partial charge in [0.1, 0.15) is 11.6 Å². The Kier molecular flexibility index (Phi) is 4.20. The van der Waals surface area contributed by atoms with Crippen LogP contribution in [0.5, 0.6) is 0 Å². The fourth-order valence-corrected chi connectivity index (χ4v) is 3.93. The molecule has 28 heavy (non-hydrogen) atoms. The van der Waals surface area contributed by atoms with Crippen LogP contribution in [0.4, 0.5) is 5.82 Å². The average Bonchev–Trinajstić information content (AvgIpc) is 3.31. The van der Waals surface area contributed by atoms with Crippen molar-refractivity contribution in [3.05, 3.63) is 48.0 Å². The fourth-order valence-electron chi connectivity index (χ4n) is 3.93. The van der Waals surface area contributed by atoms with Crippen molar-refractivity contribution in [3.8, 4) is 0 Å². The predicted octanol–water partition coefficient (Wildman–Crippen LogP) is 2.45. The van der Waals surface area contributed by atoms with E-state index in [0.717, 1.165) is 66.6 Å². The minimum absolute atomic E-state index is 0.381. The highest BCUT2D eigenvalue weighted by Gasteiger charge is 2.25. The van der Waals surface area contributed by atoms with E-state index in [1.165, 1.54) is 0 Å². The molecule has 0 atom stereocenters. The van der Waals surface area contributed by atoms with Crippen LogP contribution in [0.1, 0.15) is 30.4 Å². The number of H-pyrrole nitrogens is 1. The molecule has 1 N–H and O–H groups in total. The predicted molar refractivity (Wildman–Crippen MR) is 108 cm³/mol. The van der Waals surface area contributed by atoms with Gasteiger partial charge in [-0.05, 0) is 50.2 Å². The van der Waals surface area contributed by atoms with Gasteiger partial charge in [-0.1, -0.05) is 12.1 Å². The Morgan fingerprint density at radius 1 is 1.07 bits per heavy atom. The first kappa shape index (κ1) is 17.1. The summed E-state index contributed by atoms with van der Waals surface area (Å²) >= 11 is 0. The lowest BCUT2D eigenvalue weighted by atomic mass is 9.96. The van der Waals surface area contributed by atoms with Crippen LogP contribution in [0.15, 0.2) is 36.4 Å². The molecule has 0 radical (unpaired) electrons. The topological polar surface area (TPSA) is 78.2 Å². The zero-order valence-electron chi connectivity index (χ0n) is 16.2. The molecule has 0 saturated carbocycles. The third-order valence-electron chi connectivity index (χ3n) is 5.50. The van der Waals surface area contributed by atoms with Gasteiger partial charge >= 0.3 is 0 Å². The maximum absolute atomic E-state index is 4.71.